The third kappa shape index (κ3) is 2.29. The van der Waals surface area contributed by atoms with Gasteiger partial charge in [-0.15, -0.1) is 0 Å². The topological polar surface area (TPSA) is 70.7 Å². The molecule has 2 aromatic rings. The summed E-state index contributed by atoms with van der Waals surface area (Å²) >= 11 is 1.35. The molecule has 2 aromatic heterocycles. The number of likely N-dealkylation sites (tertiary alicyclic amines) is 1. The molecule has 0 amide bonds. The molecule has 1 aliphatic heterocycles. The number of β-amino-alcohol motifs (C(OH)–C–C–N with tert-alkyl or cyclic N) is 1. The molecule has 1 atom stereocenters. The summed E-state index contributed by atoms with van der Waals surface area (Å²) in [6.07, 6.45) is 1.59. The molecule has 1 fully saturated rings. The van der Waals surface area contributed by atoms with Gasteiger partial charge >= 0.3 is 0 Å². The first-order chi connectivity index (χ1) is 8.72. The van der Waals surface area contributed by atoms with Crippen LogP contribution in [0.2, 0.25) is 0 Å². The van der Waals surface area contributed by atoms with Gasteiger partial charge in [-0.3, -0.25) is 9.69 Å². The average Bonchev–Trinajstić information content (AvgIpc) is 2.77. The maximum Gasteiger partial charge on any atom is 0.275 e. The van der Waals surface area contributed by atoms with Gasteiger partial charge < -0.3 is 5.11 Å². The number of nitrogens with zero attached hydrogens (tertiary/aromatic N) is 4. The van der Waals surface area contributed by atoms with E-state index in [0.29, 0.717) is 18.1 Å². The van der Waals surface area contributed by atoms with Crippen molar-refractivity contribution in [1.29, 1.82) is 0 Å². The van der Waals surface area contributed by atoms with Gasteiger partial charge in [-0.25, -0.2) is 4.98 Å². The van der Waals surface area contributed by atoms with Gasteiger partial charge in [-0.1, -0.05) is 11.3 Å². The van der Waals surface area contributed by atoms with E-state index in [2.05, 4.69) is 15.0 Å². The van der Waals surface area contributed by atoms with Gasteiger partial charge in [0.05, 0.1) is 11.8 Å². The van der Waals surface area contributed by atoms with E-state index >= 15 is 0 Å². The summed E-state index contributed by atoms with van der Waals surface area (Å²) in [7, 11) is 0. The smallest absolute Gasteiger partial charge is 0.275 e. The van der Waals surface area contributed by atoms with E-state index in [9.17, 15) is 9.90 Å². The van der Waals surface area contributed by atoms with Crippen molar-refractivity contribution in [3.63, 3.8) is 0 Å². The molecule has 7 heteroatoms. The number of fused-ring (bicyclic) bond motifs is 1. The fourth-order valence-electron chi connectivity index (χ4n) is 2.29. The van der Waals surface area contributed by atoms with Crippen LogP contribution < -0.4 is 5.56 Å². The third-order valence-corrected chi connectivity index (χ3v) is 3.78. The van der Waals surface area contributed by atoms with Crippen LogP contribution in [0.3, 0.4) is 0 Å². The maximum atomic E-state index is 11.8. The Kier molecular flexibility index (Phi) is 3.11. The van der Waals surface area contributed by atoms with Gasteiger partial charge in [0.25, 0.3) is 5.56 Å². The number of rotatable bonds is 2. The summed E-state index contributed by atoms with van der Waals surface area (Å²) in [5.74, 6) is 0. The zero-order valence-electron chi connectivity index (χ0n) is 9.82. The molecule has 6 nitrogen and oxygen atoms in total. The fourth-order valence-corrected chi connectivity index (χ4v) is 2.93. The SMILES string of the molecule is O=c1cc(CN2CCC[C@H](O)C2)nc2scnn12. The van der Waals surface area contributed by atoms with Crippen molar-refractivity contribution in [2.45, 2.75) is 25.5 Å². The molecular formula is C11H14N4O2S. The van der Waals surface area contributed by atoms with E-state index in [-0.39, 0.29) is 11.7 Å². The van der Waals surface area contributed by atoms with E-state index in [4.69, 9.17) is 0 Å². The predicted octanol–water partition coefficient (Wildman–Crippen LogP) is 0.108. The minimum absolute atomic E-state index is 0.145. The Morgan fingerprint density at radius 1 is 1.56 bits per heavy atom. The van der Waals surface area contributed by atoms with Gasteiger partial charge in [0.2, 0.25) is 4.96 Å². The van der Waals surface area contributed by atoms with Crippen LogP contribution in [0, 0.1) is 0 Å². The van der Waals surface area contributed by atoms with Crippen molar-refractivity contribution in [1.82, 2.24) is 19.5 Å². The van der Waals surface area contributed by atoms with E-state index in [1.807, 2.05) is 0 Å². The molecule has 1 saturated heterocycles. The van der Waals surface area contributed by atoms with E-state index < -0.39 is 0 Å². The first-order valence-electron chi connectivity index (χ1n) is 5.95. The number of hydrogen-bond donors (Lipinski definition) is 1. The van der Waals surface area contributed by atoms with Gasteiger partial charge in [0.1, 0.15) is 5.51 Å². The van der Waals surface area contributed by atoms with Crippen LogP contribution in [-0.4, -0.2) is 43.8 Å². The largest absolute Gasteiger partial charge is 0.392 e. The molecule has 0 unspecified atom stereocenters. The zero-order valence-corrected chi connectivity index (χ0v) is 10.6. The predicted molar refractivity (Wildman–Crippen MR) is 67.7 cm³/mol. The Bertz CT molecular complexity index is 608. The van der Waals surface area contributed by atoms with Gasteiger partial charge in [0, 0.05) is 19.2 Å². The molecule has 0 bridgehead atoms. The highest BCUT2D eigenvalue weighted by Gasteiger charge is 2.18. The number of aliphatic hydroxyl groups is 1. The highest BCUT2D eigenvalue weighted by Crippen LogP contribution is 2.13. The maximum absolute atomic E-state index is 11.8. The molecule has 3 heterocycles. The molecular weight excluding hydrogens is 252 g/mol. The zero-order chi connectivity index (χ0) is 12.5. The summed E-state index contributed by atoms with van der Waals surface area (Å²) < 4.78 is 1.30. The summed E-state index contributed by atoms with van der Waals surface area (Å²) in [4.78, 5) is 18.9. The standard InChI is InChI=1S/C11H14N4O2S/c16-9-2-1-3-14(6-9)5-8-4-10(17)15-11(13-8)18-7-12-15/h4,7,9,16H,1-3,5-6H2/t9-/m0/s1. The molecule has 0 spiro atoms. The average molecular weight is 266 g/mol. The minimum Gasteiger partial charge on any atom is -0.392 e. The van der Waals surface area contributed by atoms with Gasteiger partial charge in [-0.2, -0.15) is 9.61 Å². The van der Waals surface area contributed by atoms with E-state index in [1.165, 1.54) is 21.9 Å². The van der Waals surface area contributed by atoms with Crippen molar-refractivity contribution < 1.29 is 5.11 Å². The molecule has 0 saturated carbocycles. The fraction of sp³-hybridized carbons (Fsp3) is 0.545. The lowest BCUT2D eigenvalue weighted by molar-refractivity contribution is 0.0662. The summed E-state index contributed by atoms with van der Waals surface area (Å²) in [5, 5.41) is 13.5. The monoisotopic (exact) mass is 266 g/mol. The number of aliphatic hydroxyl groups excluding tert-OH is 1. The Morgan fingerprint density at radius 3 is 3.28 bits per heavy atom. The van der Waals surface area contributed by atoms with Crippen molar-refractivity contribution in [3.8, 4) is 0 Å². The second kappa shape index (κ2) is 4.75. The van der Waals surface area contributed by atoms with E-state index in [1.54, 1.807) is 5.51 Å². The number of aromatic nitrogens is 3. The Labute approximate surface area is 108 Å². The molecule has 0 aliphatic carbocycles. The summed E-state index contributed by atoms with van der Waals surface area (Å²) in [6.45, 7) is 2.21. The van der Waals surface area contributed by atoms with Crippen LogP contribution in [0.5, 0.6) is 0 Å². The van der Waals surface area contributed by atoms with Gasteiger partial charge in [-0.05, 0) is 19.4 Å². The second-order valence-electron chi connectivity index (χ2n) is 4.55. The highest BCUT2D eigenvalue weighted by molar-refractivity contribution is 7.14. The van der Waals surface area contributed by atoms with Crippen molar-refractivity contribution in [2.75, 3.05) is 13.1 Å². The van der Waals surface area contributed by atoms with Crippen LogP contribution in [0.4, 0.5) is 0 Å². The lowest BCUT2D eigenvalue weighted by atomic mass is 10.1. The number of hydrogen-bond acceptors (Lipinski definition) is 6. The Hall–Kier alpha value is -1.31. The first-order valence-corrected chi connectivity index (χ1v) is 6.83. The van der Waals surface area contributed by atoms with Crippen LogP contribution in [-0.2, 0) is 6.54 Å². The molecule has 1 aliphatic rings. The molecule has 18 heavy (non-hydrogen) atoms. The molecule has 3 rings (SSSR count). The molecule has 0 aromatic carbocycles. The van der Waals surface area contributed by atoms with Crippen LogP contribution in [0.15, 0.2) is 16.4 Å². The van der Waals surface area contributed by atoms with Crippen molar-refractivity contribution >= 4 is 16.3 Å². The summed E-state index contributed by atoms with van der Waals surface area (Å²) in [5.41, 5.74) is 2.21. The third-order valence-electron chi connectivity index (χ3n) is 3.11. The molecule has 96 valence electrons. The lowest BCUT2D eigenvalue weighted by Crippen LogP contribution is -2.38. The van der Waals surface area contributed by atoms with E-state index in [0.717, 1.165) is 25.1 Å². The quantitative estimate of drug-likeness (QED) is 0.835. The Morgan fingerprint density at radius 2 is 2.44 bits per heavy atom. The normalized spacial score (nSPS) is 21.5. The lowest BCUT2D eigenvalue weighted by Gasteiger charge is -2.29. The van der Waals surface area contributed by atoms with Crippen LogP contribution in [0.25, 0.3) is 4.96 Å². The summed E-state index contributed by atoms with van der Waals surface area (Å²) in [6, 6.07) is 1.52. The van der Waals surface area contributed by atoms with Crippen molar-refractivity contribution in [2.24, 2.45) is 0 Å². The van der Waals surface area contributed by atoms with Crippen molar-refractivity contribution in [3.05, 3.63) is 27.6 Å². The number of piperidine rings is 1. The van der Waals surface area contributed by atoms with Crippen LogP contribution >= 0.6 is 11.3 Å². The highest BCUT2D eigenvalue weighted by atomic mass is 32.1. The first kappa shape index (κ1) is 11.8. The molecule has 0 radical (unpaired) electrons. The van der Waals surface area contributed by atoms with Gasteiger partial charge in [0.15, 0.2) is 0 Å². The van der Waals surface area contributed by atoms with Crippen LogP contribution in [0.1, 0.15) is 18.5 Å². The Balaban J connectivity index is 1.83. The molecule has 1 N–H and O–H groups in total. The second-order valence-corrected chi connectivity index (χ2v) is 5.36. The minimum atomic E-state index is -0.257.